The number of fused-ring (bicyclic) bond motifs is 1. The first kappa shape index (κ1) is 11.8. The van der Waals surface area contributed by atoms with Crippen molar-refractivity contribution in [2.75, 3.05) is 0 Å². The molecule has 2 N–H and O–H groups in total. The minimum atomic E-state index is -0.0395. The molecule has 0 amide bonds. The van der Waals surface area contributed by atoms with Crippen LogP contribution < -0.4 is 10.5 Å². The molecule has 0 bridgehead atoms. The summed E-state index contributed by atoms with van der Waals surface area (Å²) in [6.45, 7) is 4.26. The van der Waals surface area contributed by atoms with Crippen LogP contribution in [0.5, 0.6) is 5.75 Å². The average molecular weight is 259 g/mol. The fraction of sp³-hybridized carbons (Fsp3) is 0.333. The predicted molar refractivity (Wildman–Crippen MR) is 75.3 cm³/mol. The van der Waals surface area contributed by atoms with Gasteiger partial charge in [0.1, 0.15) is 11.9 Å². The van der Waals surface area contributed by atoms with Crippen LogP contribution in [-0.2, 0) is 6.42 Å². The quantitative estimate of drug-likeness (QED) is 0.897. The van der Waals surface area contributed by atoms with Crippen molar-refractivity contribution in [1.29, 1.82) is 0 Å². The normalized spacial score (nSPS) is 19.4. The van der Waals surface area contributed by atoms with Crippen LogP contribution in [0.15, 0.2) is 30.3 Å². The predicted octanol–water partition coefficient (Wildman–Crippen LogP) is 3.37. The Kier molecular flexibility index (Phi) is 2.88. The van der Waals surface area contributed by atoms with Crippen molar-refractivity contribution < 1.29 is 4.74 Å². The lowest BCUT2D eigenvalue weighted by Gasteiger charge is -2.19. The number of rotatable bonds is 2. The van der Waals surface area contributed by atoms with E-state index in [0.717, 1.165) is 12.2 Å². The Bertz CT molecular complexity index is 551. The van der Waals surface area contributed by atoms with Gasteiger partial charge in [0.05, 0.1) is 6.04 Å². The van der Waals surface area contributed by atoms with Crippen LogP contribution >= 0.6 is 11.3 Å². The number of aryl methyl sites for hydroxylation is 2. The van der Waals surface area contributed by atoms with E-state index in [1.165, 1.54) is 20.9 Å². The van der Waals surface area contributed by atoms with Crippen LogP contribution in [0, 0.1) is 13.8 Å². The van der Waals surface area contributed by atoms with Gasteiger partial charge in [-0.1, -0.05) is 18.2 Å². The van der Waals surface area contributed by atoms with Crippen LogP contribution in [0.2, 0.25) is 0 Å². The molecule has 18 heavy (non-hydrogen) atoms. The smallest absolute Gasteiger partial charge is 0.123 e. The fourth-order valence-electron chi connectivity index (χ4n) is 2.59. The lowest BCUT2D eigenvalue weighted by atomic mass is 9.99. The molecule has 2 aromatic rings. The molecule has 2 nitrogen and oxygen atoms in total. The molecule has 0 spiro atoms. The first-order valence-corrected chi connectivity index (χ1v) is 7.04. The van der Waals surface area contributed by atoms with Gasteiger partial charge in [-0.05, 0) is 37.1 Å². The SMILES string of the molecule is Cc1cc(C(N)C2Cc3ccccc3O2)c(C)s1. The van der Waals surface area contributed by atoms with Gasteiger partial charge in [-0.25, -0.2) is 0 Å². The van der Waals surface area contributed by atoms with E-state index in [9.17, 15) is 0 Å². The Balaban J connectivity index is 1.84. The zero-order valence-electron chi connectivity index (χ0n) is 10.6. The molecule has 3 rings (SSSR count). The van der Waals surface area contributed by atoms with Gasteiger partial charge < -0.3 is 10.5 Å². The van der Waals surface area contributed by atoms with Gasteiger partial charge in [-0.3, -0.25) is 0 Å². The third kappa shape index (κ3) is 1.93. The van der Waals surface area contributed by atoms with Crippen molar-refractivity contribution in [2.45, 2.75) is 32.4 Å². The Morgan fingerprint density at radius 1 is 1.33 bits per heavy atom. The highest BCUT2D eigenvalue weighted by atomic mass is 32.1. The highest BCUT2D eigenvalue weighted by Gasteiger charge is 2.30. The first-order chi connectivity index (χ1) is 8.65. The number of ether oxygens (including phenoxy) is 1. The van der Waals surface area contributed by atoms with Crippen LogP contribution in [0.25, 0.3) is 0 Å². The van der Waals surface area contributed by atoms with E-state index in [0.29, 0.717) is 0 Å². The van der Waals surface area contributed by atoms with Gasteiger partial charge in [0.15, 0.2) is 0 Å². The second-order valence-corrected chi connectivity index (χ2v) is 6.32. The Morgan fingerprint density at radius 3 is 2.78 bits per heavy atom. The largest absolute Gasteiger partial charge is 0.488 e. The van der Waals surface area contributed by atoms with Crippen LogP contribution in [-0.4, -0.2) is 6.10 Å². The summed E-state index contributed by atoms with van der Waals surface area (Å²) >= 11 is 1.80. The molecule has 2 atom stereocenters. The summed E-state index contributed by atoms with van der Waals surface area (Å²) in [6, 6.07) is 10.4. The van der Waals surface area contributed by atoms with Crippen molar-refractivity contribution in [3.8, 4) is 5.75 Å². The highest BCUT2D eigenvalue weighted by Crippen LogP contribution is 2.35. The molecule has 94 valence electrons. The summed E-state index contributed by atoms with van der Waals surface area (Å²) in [4.78, 5) is 2.62. The summed E-state index contributed by atoms with van der Waals surface area (Å²) in [6.07, 6.45) is 0.973. The van der Waals surface area contributed by atoms with Crippen molar-refractivity contribution in [3.05, 3.63) is 51.2 Å². The number of nitrogens with two attached hydrogens (primary N) is 1. The van der Waals surface area contributed by atoms with E-state index in [-0.39, 0.29) is 12.1 Å². The lowest BCUT2D eigenvalue weighted by molar-refractivity contribution is 0.199. The Hall–Kier alpha value is -1.32. The second kappa shape index (κ2) is 4.41. The summed E-state index contributed by atoms with van der Waals surface area (Å²) in [5.74, 6) is 0.988. The maximum absolute atomic E-state index is 6.38. The molecule has 0 saturated carbocycles. The van der Waals surface area contributed by atoms with E-state index >= 15 is 0 Å². The van der Waals surface area contributed by atoms with E-state index in [4.69, 9.17) is 10.5 Å². The molecule has 0 fully saturated rings. The molecule has 2 unspecified atom stereocenters. The number of hydrogen-bond donors (Lipinski definition) is 1. The maximum Gasteiger partial charge on any atom is 0.123 e. The standard InChI is InChI=1S/C15H17NOS/c1-9-7-12(10(2)18-9)15(16)14-8-11-5-3-4-6-13(11)17-14/h3-7,14-15H,8,16H2,1-2H3. The minimum absolute atomic E-state index is 0.0395. The summed E-state index contributed by atoms with van der Waals surface area (Å²) in [5.41, 5.74) is 8.87. The van der Waals surface area contributed by atoms with Gasteiger partial charge in [-0.2, -0.15) is 0 Å². The lowest BCUT2D eigenvalue weighted by Crippen LogP contribution is -2.30. The second-order valence-electron chi connectivity index (χ2n) is 4.86. The zero-order valence-corrected chi connectivity index (χ0v) is 11.5. The average Bonchev–Trinajstić information content (AvgIpc) is 2.91. The molecule has 0 saturated heterocycles. The zero-order chi connectivity index (χ0) is 12.7. The van der Waals surface area contributed by atoms with Crippen molar-refractivity contribution in [3.63, 3.8) is 0 Å². The minimum Gasteiger partial charge on any atom is -0.488 e. The molecular formula is C15H17NOS. The monoisotopic (exact) mass is 259 g/mol. The number of para-hydroxylation sites is 1. The van der Waals surface area contributed by atoms with E-state index in [1.807, 2.05) is 12.1 Å². The number of hydrogen-bond acceptors (Lipinski definition) is 3. The topological polar surface area (TPSA) is 35.2 Å². The van der Waals surface area contributed by atoms with Gasteiger partial charge in [0.25, 0.3) is 0 Å². The van der Waals surface area contributed by atoms with E-state index in [1.54, 1.807) is 11.3 Å². The molecule has 0 aliphatic carbocycles. The van der Waals surface area contributed by atoms with Gasteiger partial charge in [0, 0.05) is 16.2 Å². The molecule has 1 aromatic carbocycles. The van der Waals surface area contributed by atoms with Crippen LogP contribution in [0.3, 0.4) is 0 Å². The van der Waals surface area contributed by atoms with E-state index in [2.05, 4.69) is 32.0 Å². The third-order valence-corrected chi connectivity index (χ3v) is 4.49. The number of thiophene rings is 1. The van der Waals surface area contributed by atoms with Crippen molar-refractivity contribution in [1.82, 2.24) is 0 Å². The van der Waals surface area contributed by atoms with Crippen molar-refractivity contribution in [2.24, 2.45) is 5.73 Å². The van der Waals surface area contributed by atoms with E-state index < -0.39 is 0 Å². The third-order valence-electron chi connectivity index (χ3n) is 3.51. The Labute approximate surface area is 111 Å². The summed E-state index contributed by atoms with van der Waals surface area (Å²) in [7, 11) is 0. The summed E-state index contributed by atoms with van der Waals surface area (Å²) in [5, 5.41) is 0. The molecule has 2 heterocycles. The molecule has 0 radical (unpaired) electrons. The Morgan fingerprint density at radius 2 is 2.11 bits per heavy atom. The molecule has 1 aromatic heterocycles. The number of benzene rings is 1. The van der Waals surface area contributed by atoms with Crippen LogP contribution in [0.4, 0.5) is 0 Å². The summed E-state index contributed by atoms with van der Waals surface area (Å²) < 4.78 is 5.97. The molecule has 1 aliphatic heterocycles. The van der Waals surface area contributed by atoms with Gasteiger partial charge in [-0.15, -0.1) is 11.3 Å². The molecule has 3 heteroatoms. The van der Waals surface area contributed by atoms with Gasteiger partial charge in [0.2, 0.25) is 0 Å². The van der Waals surface area contributed by atoms with Gasteiger partial charge >= 0.3 is 0 Å². The molecular weight excluding hydrogens is 242 g/mol. The van der Waals surface area contributed by atoms with Crippen LogP contribution in [0.1, 0.15) is 26.9 Å². The molecule has 1 aliphatic rings. The highest BCUT2D eigenvalue weighted by molar-refractivity contribution is 7.12. The fourth-order valence-corrected chi connectivity index (χ4v) is 3.57. The van der Waals surface area contributed by atoms with Crippen molar-refractivity contribution >= 4 is 11.3 Å². The maximum atomic E-state index is 6.38. The first-order valence-electron chi connectivity index (χ1n) is 6.22.